The van der Waals surface area contributed by atoms with Crippen molar-refractivity contribution in [2.45, 2.75) is 11.8 Å². The van der Waals surface area contributed by atoms with E-state index in [2.05, 4.69) is 10.1 Å². The first-order valence-corrected chi connectivity index (χ1v) is 9.33. The lowest BCUT2D eigenvalue weighted by Crippen LogP contribution is -2.46. The van der Waals surface area contributed by atoms with Gasteiger partial charge in [-0.1, -0.05) is 23.2 Å². The van der Waals surface area contributed by atoms with Crippen molar-refractivity contribution in [1.29, 1.82) is 5.26 Å². The van der Waals surface area contributed by atoms with Gasteiger partial charge in [-0.15, -0.1) is 0 Å². The van der Waals surface area contributed by atoms with Gasteiger partial charge in [0.1, 0.15) is 18.7 Å². The number of carbonyl (C=O) groups excluding carboxylic acids is 1. The minimum Gasteiger partial charge on any atom is -0.426 e. The van der Waals surface area contributed by atoms with E-state index in [4.69, 9.17) is 27.9 Å². The molecule has 1 atom stereocenters. The molecule has 12 heteroatoms. The molecule has 2 aromatic carbocycles. The Labute approximate surface area is 183 Å². The highest BCUT2D eigenvalue weighted by atomic mass is 35.5. The van der Waals surface area contributed by atoms with Crippen LogP contribution in [0.4, 0.5) is 23.7 Å². The summed E-state index contributed by atoms with van der Waals surface area (Å²) in [6.07, 6.45) is -3.58. The summed E-state index contributed by atoms with van der Waals surface area (Å²) in [6.45, 7) is -0.889. The maximum Gasteiger partial charge on any atom is 0.434 e. The van der Waals surface area contributed by atoms with E-state index < -0.39 is 30.0 Å². The number of halogens is 5. The molecule has 0 bridgehead atoms. The van der Waals surface area contributed by atoms with Crippen molar-refractivity contribution in [1.82, 2.24) is 14.8 Å². The second kappa shape index (κ2) is 7.44. The van der Waals surface area contributed by atoms with Gasteiger partial charge in [-0.2, -0.15) is 23.5 Å². The molecule has 7 nitrogen and oxygen atoms in total. The molecule has 1 amide bonds. The molecule has 1 aliphatic rings. The standard InChI is InChI=1S/C19H10Cl2F3N5O2/c20-13-4-12(5-14(21)6-13)18(19(22,23)24)8-28(17(30)31-18)15-1-2-16(11(3-15)7-25)29-10-26-9-27-29/h1-6,9-10H,8H2. The largest absolute Gasteiger partial charge is 0.434 e. The van der Waals surface area contributed by atoms with Gasteiger partial charge in [0.15, 0.2) is 0 Å². The normalized spacial score (nSPS) is 18.7. The Morgan fingerprint density at radius 2 is 1.87 bits per heavy atom. The van der Waals surface area contributed by atoms with E-state index in [1.165, 1.54) is 41.6 Å². The summed E-state index contributed by atoms with van der Waals surface area (Å²) in [5.74, 6) is 0. The number of rotatable bonds is 3. The van der Waals surface area contributed by atoms with Crippen molar-refractivity contribution < 1.29 is 22.7 Å². The summed E-state index contributed by atoms with van der Waals surface area (Å²) in [4.78, 5) is 17.1. The topological polar surface area (TPSA) is 84.0 Å². The second-order valence-corrected chi connectivity index (χ2v) is 7.46. The number of ether oxygens (including phenoxy) is 1. The lowest BCUT2D eigenvalue weighted by atomic mass is 9.92. The fourth-order valence-corrected chi connectivity index (χ4v) is 3.81. The van der Waals surface area contributed by atoms with Crippen LogP contribution in [0, 0.1) is 11.3 Å². The molecule has 4 rings (SSSR count). The molecule has 0 aliphatic carbocycles. The van der Waals surface area contributed by atoms with Crippen molar-refractivity contribution in [2.24, 2.45) is 0 Å². The van der Waals surface area contributed by atoms with E-state index in [9.17, 15) is 23.2 Å². The van der Waals surface area contributed by atoms with Gasteiger partial charge in [-0.3, -0.25) is 4.90 Å². The molecular weight excluding hydrogens is 458 g/mol. The number of hydrogen-bond acceptors (Lipinski definition) is 5. The van der Waals surface area contributed by atoms with E-state index in [0.29, 0.717) is 5.69 Å². The summed E-state index contributed by atoms with van der Waals surface area (Å²) in [5, 5.41) is 13.3. The van der Waals surface area contributed by atoms with Gasteiger partial charge in [0.25, 0.3) is 5.60 Å². The van der Waals surface area contributed by atoms with Crippen molar-refractivity contribution in [3.63, 3.8) is 0 Å². The van der Waals surface area contributed by atoms with Crippen LogP contribution in [0.25, 0.3) is 5.69 Å². The Morgan fingerprint density at radius 1 is 1.16 bits per heavy atom. The van der Waals surface area contributed by atoms with Crippen LogP contribution in [0.2, 0.25) is 10.0 Å². The summed E-state index contributed by atoms with van der Waals surface area (Å²) in [7, 11) is 0. The predicted molar refractivity (Wildman–Crippen MR) is 104 cm³/mol. The first kappa shape index (κ1) is 21.0. The van der Waals surface area contributed by atoms with Gasteiger partial charge in [0.2, 0.25) is 0 Å². The molecule has 31 heavy (non-hydrogen) atoms. The zero-order valence-electron chi connectivity index (χ0n) is 15.3. The van der Waals surface area contributed by atoms with E-state index in [-0.39, 0.29) is 21.3 Å². The van der Waals surface area contributed by atoms with Gasteiger partial charge in [-0.25, -0.2) is 14.5 Å². The molecule has 3 aromatic rings. The van der Waals surface area contributed by atoms with Crippen molar-refractivity contribution in [3.8, 4) is 11.8 Å². The average molecular weight is 468 g/mol. The number of benzene rings is 2. The smallest absolute Gasteiger partial charge is 0.426 e. The number of nitriles is 1. The third kappa shape index (κ3) is 3.56. The van der Waals surface area contributed by atoms with Crippen LogP contribution < -0.4 is 4.90 Å². The maximum atomic E-state index is 14.2. The maximum absolute atomic E-state index is 14.2. The summed E-state index contributed by atoms with van der Waals surface area (Å²) in [6, 6.07) is 9.41. The van der Waals surface area contributed by atoms with E-state index in [0.717, 1.165) is 17.0 Å². The van der Waals surface area contributed by atoms with Gasteiger partial charge >= 0.3 is 12.3 Å². The summed E-state index contributed by atoms with van der Waals surface area (Å²) < 4.78 is 48.7. The van der Waals surface area contributed by atoms with Crippen LogP contribution in [0.3, 0.4) is 0 Å². The highest BCUT2D eigenvalue weighted by Gasteiger charge is 2.65. The third-order valence-electron chi connectivity index (χ3n) is 4.73. The number of anilines is 1. The molecule has 0 saturated carbocycles. The number of carbonyl (C=O) groups is 1. The SMILES string of the molecule is N#Cc1cc(N2CC(c3cc(Cl)cc(Cl)c3)(C(F)(F)F)OC2=O)ccc1-n1cncn1. The third-order valence-corrected chi connectivity index (χ3v) is 5.16. The average Bonchev–Trinajstić information content (AvgIpc) is 3.35. The Kier molecular flexibility index (Phi) is 5.03. The van der Waals surface area contributed by atoms with Crippen LogP contribution in [0.1, 0.15) is 11.1 Å². The highest BCUT2D eigenvalue weighted by molar-refractivity contribution is 6.34. The van der Waals surface area contributed by atoms with Crippen molar-refractivity contribution >= 4 is 35.0 Å². The minimum absolute atomic E-state index is 0.0374. The number of amides is 1. The number of hydrogen-bond donors (Lipinski definition) is 0. The summed E-state index contributed by atoms with van der Waals surface area (Å²) in [5.41, 5.74) is -2.93. The molecule has 1 saturated heterocycles. The molecule has 1 fully saturated rings. The fraction of sp³-hybridized carbons (Fsp3) is 0.158. The first-order valence-electron chi connectivity index (χ1n) is 8.57. The van der Waals surface area contributed by atoms with Crippen LogP contribution in [-0.4, -0.2) is 33.6 Å². The zero-order chi connectivity index (χ0) is 22.4. The number of nitrogens with zero attached hydrogens (tertiary/aromatic N) is 5. The first-order chi connectivity index (χ1) is 14.6. The van der Waals surface area contributed by atoms with Crippen molar-refractivity contribution in [3.05, 3.63) is 70.2 Å². The second-order valence-electron chi connectivity index (χ2n) is 6.59. The Hall–Kier alpha value is -3.29. The van der Waals surface area contributed by atoms with E-state index in [1.54, 1.807) is 0 Å². The van der Waals surface area contributed by atoms with Crippen molar-refractivity contribution in [2.75, 3.05) is 11.4 Å². The number of cyclic esters (lactones) is 1. The molecule has 0 radical (unpaired) electrons. The molecular formula is C19H10Cl2F3N5O2. The van der Waals surface area contributed by atoms with Gasteiger partial charge in [0.05, 0.1) is 17.8 Å². The van der Waals surface area contributed by atoms with Gasteiger partial charge < -0.3 is 4.74 Å². The Bertz CT molecular complexity index is 1190. The minimum atomic E-state index is -4.97. The lowest BCUT2D eigenvalue weighted by Gasteiger charge is -2.30. The number of alkyl halides is 3. The van der Waals surface area contributed by atoms with E-state index >= 15 is 0 Å². The van der Waals surface area contributed by atoms with Crippen LogP contribution >= 0.6 is 23.2 Å². The molecule has 0 N–H and O–H groups in total. The number of aromatic nitrogens is 3. The molecule has 158 valence electrons. The van der Waals surface area contributed by atoms with E-state index in [1.807, 2.05) is 6.07 Å². The predicted octanol–water partition coefficient (Wildman–Crippen LogP) is 4.86. The Morgan fingerprint density at radius 3 is 2.45 bits per heavy atom. The highest BCUT2D eigenvalue weighted by Crippen LogP contribution is 2.48. The fourth-order valence-electron chi connectivity index (χ4n) is 3.28. The van der Waals surface area contributed by atoms with Crippen LogP contribution in [0.15, 0.2) is 49.1 Å². The lowest BCUT2D eigenvalue weighted by molar-refractivity contribution is -0.250. The van der Waals surface area contributed by atoms with Gasteiger partial charge in [-0.05, 0) is 36.4 Å². The molecule has 1 aromatic heterocycles. The molecule has 1 unspecified atom stereocenters. The Balaban J connectivity index is 1.78. The molecule has 1 aliphatic heterocycles. The quantitative estimate of drug-likeness (QED) is 0.549. The van der Waals surface area contributed by atoms with Gasteiger partial charge in [0, 0.05) is 21.3 Å². The van der Waals surface area contributed by atoms with Crippen LogP contribution in [-0.2, 0) is 10.3 Å². The monoisotopic (exact) mass is 467 g/mol. The summed E-state index contributed by atoms with van der Waals surface area (Å²) >= 11 is 11.8. The van der Waals surface area contributed by atoms with Crippen LogP contribution in [0.5, 0.6) is 0 Å². The molecule has 2 heterocycles. The molecule has 0 spiro atoms. The zero-order valence-corrected chi connectivity index (χ0v) is 16.8.